The molecule has 0 heterocycles. The maximum Gasteiger partial charge on any atom is 0.306 e. The molecule has 0 bridgehead atoms. The molecule has 0 aromatic heterocycles. The average molecular weight is 899 g/mol. The Labute approximate surface area is 399 Å². The lowest BCUT2D eigenvalue weighted by atomic mass is 10.1. The van der Waals surface area contributed by atoms with E-state index in [1.54, 1.807) is 0 Å². The highest BCUT2D eigenvalue weighted by Crippen LogP contribution is 2.12. The third-order valence-electron chi connectivity index (χ3n) is 10.4. The fourth-order valence-corrected chi connectivity index (χ4v) is 6.57. The van der Waals surface area contributed by atoms with Gasteiger partial charge in [0.2, 0.25) is 0 Å². The van der Waals surface area contributed by atoms with Crippen molar-refractivity contribution >= 4 is 17.9 Å². The van der Waals surface area contributed by atoms with Crippen molar-refractivity contribution < 1.29 is 28.6 Å². The second-order valence-electron chi connectivity index (χ2n) is 16.7. The number of unbranched alkanes of at least 4 members (excludes halogenated alkanes) is 14. The highest BCUT2D eigenvalue weighted by Gasteiger charge is 2.19. The van der Waals surface area contributed by atoms with E-state index in [4.69, 9.17) is 14.2 Å². The Hall–Kier alpha value is -4.19. The van der Waals surface area contributed by atoms with Gasteiger partial charge in [-0.3, -0.25) is 14.4 Å². The van der Waals surface area contributed by atoms with Gasteiger partial charge in [0.1, 0.15) is 13.2 Å². The maximum absolute atomic E-state index is 12.8. The van der Waals surface area contributed by atoms with Gasteiger partial charge in [-0.05, 0) is 128 Å². The highest BCUT2D eigenvalue weighted by atomic mass is 16.6. The van der Waals surface area contributed by atoms with Crippen molar-refractivity contribution in [2.75, 3.05) is 13.2 Å². The summed E-state index contributed by atoms with van der Waals surface area (Å²) in [5.74, 6) is -0.999. The number of carbonyl (C=O) groups is 3. The molecule has 6 heteroatoms. The van der Waals surface area contributed by atoms with Crippen LogP contribution in [0.15, 0.2) is 122 Å². The molecule has 0 saturated heterocycles. The van der Waals surface area contributed by atoms with Crippen LogP contribution in [0.3, 0.4) is 0 Å². The maximum atomic E-state index is 12.8. The van der Waals surface area contributed by atoms with E-state index in [1.165, 1.54) is 25.7 Å². The monoisotopic (exact) mass is 899 g/mol. The first kappa shape index (κ1) is 60.8. The summed E-state index contributed by atoms with van der Waals surface area (Å²) in [5, 5.41) is 0. The smallest absolute Gasteiger partial charge is 0.306 e. The summed E-state index contributed by atoms with van der Waals surface area (Å²) < 4.78 is 16.7. The van der Waals surface area contributed by atoms with Crippen molar-refractivity contribution in [3.05, 3.63) is 122 Å². The van der Waals surface area contributed by atoms with E-state index < -0.39 is 6.10 Å². The largest absolute Gasteiger partial charge is 0.462 e. The zero-order valence-corrected chi connectivity index (χ0v) is 41.7. The topological polar surface area (TPSA) is 78.9 Å². The van der Waals surface area contributed by atoms with E-state index in [0.29, 0.717) is 25.7 Å². The van der Waals surface area contributed by atoms with Gasteiger partial charge in [-0.15, -0.1) is 0 Å². The first-order valence-corrected chi connectivity index (χ1v) is 26.0. The third kappa shape index (κ3) is 50.7. The zero-order chi connectivity index (χ0) is 47.2. The predicted octanol–water partition coefficient (Wildman–Crippen LogP) is 17.3. The van der Waals surface area contributed by atoms with Gasteiger partial charge in [0.05, 0.1) is 0 Å². The number of esters is 3. The second-order valence-corrected chi connectivity index (χ2v) is 16.7. The molecule has 6 nitrogen and oxygen atoms in total. The van der Waals surface area contributed by atoms with E-state index in [0.717, 1.165) is 141 Å². The quantitative estimate of drug-likeness (QED) is 0.0262. The van der Waals surface area contributed by atoms with Crippen molar-refractivity contribution in [3.8, 4) is 0 Å². The second kappa shape index (κ2) is 52.4. The van der Waals surface area contributed by atoms with E-state index in [1.807, 2.05) is 0 Å². The van der Waals surface area contributed by atoms with Crippen LogP contribution in [0.25, 0.3) is 0 Å². The van der Waals surface area contributed by atoms with Crippen LogP contribution in [0.5, 0.6) is 0 Å². The Kier molecular flexibility index (Phi) is 49.1. The van der Waals surface area contributed by atoms with Gasteiger partial charge in [0.25, 0.3) is 0 Å². The van der Waals surface area contributed by atoms with Crippen molar-refractivity contribution in [2.45, 2.75) is 219 Å². The molecule has 0 rings (SSSR count). The van der Waals surface area contributed by atoms with Crippen LogP contribution in [-0.2, 0) is 28.6 Å². The highest BCUT2D eigenvalue weighted by molar-refractivity contribution is 5.71. The summed E-state index contributed by atoms with van der Waals surface area (Å²) in [6, 6.07) is 0. The molecular weight excluding hydrogens is 805 g/mol. The van der Waals surface area contributed by atoms with E-state index >= 15 is 0 Å². The normalized spacial score (nSPS) is 13.1. The van der Waals surface area contributed by atoms with Gasteiger partial charge in [-0.2, -0.15) is 0 Å². The Morgan fingerprint density at radius 1 is 0.323 bits per heavy atom. The number of rotatable bonds is 45. The molecule has 0 N–H and O–H groups in total. The minimum Gasteiger partial charge on any atom is -0.462 e. The number of hydrogen-bond donors (Lipinski definition) is 0. The van der Waals surface area contributed by atoms with Crippen LogP contribution in [0.4, 0.5) is 0 Å². The molecule has 0 aliphatic heterocycles. The fraction of sp³-hybridized carbons (Fsp3) is 0.610. The molecule has 0 radical (unpaired) electrons. The minimum atomic E-state index is -0.816. The van der Waals surface area contributed by atoms with Gasteiger partial charge in [0.15, 0.2) is 6.10 Å². The van der Waals surface area contributed by atoms with Crippen molar-refractivity contribution in [1.29, 1.82) is 0 Å². The first-order chi connectivity index (χ1) is 32.0. The lowest BCUT2D eigenvalue weighted by molar-refractivity contribution is -0.167. The molecule has 0 aliphatic carbocycles. The molecule has 0 spiro atoms. The van der Waals surface area contributed by atoms with Crippen LogP contribution in [0, 0.1) is 0 Å². The number of hydrogen-bond acceptors (Lipinski definition) is 6. The average Bonchev–Trinajstić information content (AvgIpc) is 3.30. The molecule has 0 saturated carbocycles. The van der Waals surface area contributed by atoms with Gasteiger partial charge >= 0.3 is 17.9 Å². The van der Waals surface area contributed by atoms with Crippen molar-refractivity contribution in [2.24, 2.45) is 0 Å². The summed E-state index contributed by atoms with van der Waals surface area (Å²) in [7, 11) is 0. The van der Waals surface area contributed by atoms with Crippen LogP contribution in [-0.4, -0.2) is 37.2 Å². The van der Waals surface area contributed by atoms with Gasteiger partial charge < -0.3 is 14.2 Å². The lowest BCUT2D eigenvalue weighted by Gasteiger charge is -2.18. The number of ether oxygens (including phenoxy) is 3. The summed E-state index contributed by atoms with van der Waals surface area (Å²) in [6.45, 7) is 6.30. The van der Waals surface area contributed by atoms with E-state index in [-0.39, 0.29) is 31.1 Å². The van der Waals surface area contributed by atoms with E-state index in [9.17, 15) is 14.4 Å². The van der Waals surface area contributed by atoms with Gasteiger partial charge in [-0.1, -0.05) is 187 Å². The molecule has 1 atom stereocenters. The summed E-state index contributed by atoms with van der Waals surface area (Å²) in [4.78, 5) is 38.0. The van der Waals surface area contributed by atoms with Crippen molar-refractivity contribution in [3.63, 3.8) is 0 Å². The van der Waals surface area contributed by atoms with Crippen LogP contribution < -0.4 is 0 Å². The number of allylic oxidation sites excluding steroid dienone is 20. The third-order valence-corrected chi connectivity index (χ3v) is 10.4. The van der Waals surface area contributed by atoms with Crippen LogP contribution in [0.2, 0.25) is 0 Å². The number of carbonyl (C=O) groups excluding carboxylic acids is 3. The molecule has 0 aliphatic rings. The van der Waals surface area contributed by atoms with Gasteiger partial charge in [-0.25, -0.2) is 0 Å². The SMILES string of the molecule is CC/C=C\C/C=C\C/C=C\C/C=C\CCCCCCC(=O)OC[C@H](COC(=O)CCCC/C=C\C/C=C\C/C=C\C/C=C\CC)OC(=O)CCCCCCC/C=C\C/C=C\CCCCC. The molecule has 0 aromatic rings. The fourth-order valence-electron chi connectivity index (χ4n) is 6.57. The molecule has 65 heavy (non-hydrogen) atoms. The van der Waals surface area contributed by atoms with Gasteiger partial charge in [0, 0.05) is 19.3 Å². The standard InChI is InChI=1S/C59H94O6/c1-4-7-10-13-16-19-22-25-28-29-32-34-37-40-43-46-49-52-58(61)64-55-56(65-59(62)53-50-47-44-41-38-35-31-27-24-21-18-15-12-9-6-3)54-63-57(60)51-48-45-42-39-36-33-30-26-23-20-17-14-11-8-5-2/h7-8,10-11,16-21,25-28,30-32,34,36,39,56H,4-6,9,12-15,22-24,29,33,35,37-38,40-55H2,1-3H3/b10-7-,11-8-,19-16-,20-17-,21-18-,28-25-,30-26-,31-27-,34-32-,39-36-/t56-/m0/s1. The minimum absolute atomic E-state index is 0.113. The molecule has 0 fully saturated rings. The Morgan fingerprint density at radius 3 is 0.969 bits per heavy atom. The Balaban J connectivity index is 4.54. The molecule has 0 aromatic carbocycles. The first-order valence-electron chi connectivity index (χ1n) is 26.0. The Bertz CT molecular complexity index is 1400. The van der Waals surface area contributed by atoms with Crippen LogP contribution >= 0.6 is 0 Å². The molecule has 0 amide bonds. The van der Waals surface area contributed by atoms with Crippen LogP contribution in [0.1, 0.15) is 213 Å². The molecular formula is C59H94O6. The zero-order valence-electron chi connectivity index (χ0n) is 41.7. The molecule has 366 valence electrons. The lowest BCUT2D eigenvalue weighted by Crippen LogP contribution is -2.30. The Morgan fingerprint density at radius 2 is 0.600 bits per heavy atom. The van der Waals surface area contributed by atoms with E-state index in [2.05, 4.69) is 142 Å². The summed E-state index contributed by atoms with van der Waals surface area (Å²) in [6.07, 6.45) is 71.8. The summed E-state index contributed by atoms with van der Waals surface area (Å²) >= 11 is 0. The summed E-state index contributed by atoms with van der Waals surface area (Å²) in [5.41, 5.74) is 0. The predicted molar refractivity (Wildman–Crippen MR) is 279 cm³/mol. The van der Waals surface area contributed by atoms with Crippen molar-refractivity contribution in [1.82, 2.24) is 0 Å². The molecule has 0 unspecified atom stereocenters.